The van der Waals surface area contributed by atoms with Gasteiger partial charge in [-0.3, -0.25) is 19.2 Å². The molecule has 0 radical (unpaired) electrons. The average Bonchev–Trinajstić information content (AvgIpc) is 3.10. The minimum atomic E-state index is -2.08. The van der Waals surface area contributed by atoms with E-state index in [0.29, 0.717) is 0 Å². The molecule has 12 N–H and O–H groups in total. The van der Waals surface area contributed by atoms with Crippen molar-refractivity contribution in [3.8, 4) is 0 Å². The van der Waals surface area contributed by atoms with E-state index in [9.17, 15) is 70.2 Å². The van der Waals surface area contributed by atoms with Gasteiger partial charge in [0.1, 0.15) is 73.2 Å². The van der Waals surface area contributed by atoms with E-state index in [-0.39, 0.29) is 0 Å². The summed E-state index contributed by atoms with van der Waals surface area (Å²) in [6, 6.07) is -2.64. The summed E-state index contributed by atoms with van der Waals surface area (Å²) in [6.07, 6.45) is -26.6. The summed E-state index contributed by atoms with van der Waals surface area (Å²) in [5, 5.41) is 111. The second-order valence-corrected chi connectivity index (χ2v) is 14.1. The summed E-state index contributed by atoms with van der Waals surface area (Å²) in [7, 11) is 1.14. The van der Waals surface area contributed by atoms with Crippen LogP contribution < -0.4 is 10.6 Å². The van der Waals surface area contributed by atoms with Crippen LogP contribution in [0.3, 0.4) is 0 Å². The van der Waals surface area contributed by atoms with E-state index in [4.69, 9.17) is 28.4 Å². The van der Waals surface area contributed by atoms with Crippen molar-refractivity contribution in [3.63, 3.8) is 0 Å². The van der Waals surface area contributed by atoms with Crippen LogP contribution >= 0.6 is 0 Å². The van der Waals surface area contributed by atoms with Crippen molar-refractivity contribution in [2.45, 2.75) is 144 Å². The Morgan fingerprint density at radius 2 is 1.04 bits per heavy atom. The normalized spacial score (nSPS) is 45.6. The molecule has 2 aliphatic heterocycles. The molecule has 4 fully saturated rings. The van der Waals surface area contributed by atoms with Gasteiger partial charge in [-0.05, 0) is 19.8 Å². The van der Waals surface area contributed by atoms with Gasteiger partial charge in [0.05, 0.1) is 55.5 Å². The van der Waals surface area contributed by atoms with Crippen LogP contribution in [0.5, 0.6) is 0 Å². The molecule has 4 aliphatic rings. The van der Waals surface area contributed by atoms with E-state index in [1.807, 2.05) is 0 Å². The Kier molecular flexibility index (Phi) is 15.1. The standard InChI is InChI=1S/C32H52N2O20/c1-9-18(33-10(2)37)28(22(41)16(7-35)50-9)51-15-6-13(31(47)48)27(25(44)21(15)40)54-32-19(34-11(3)38)29(23(42)17(8-36)53-32)52-14-5-12(30(45)46)26(49-4)24(43)20(14)39/h9,12-29,32,35-36,39-44H,5-8H2,1-4H3,(H,33,37)(H,34,38)(H,45,46)(H,47,48). The average molecular weight is 785 g/mol. The number of aliphatic hydroxyl groups excluding tert-OH is 8. The molecule has 0 aromatic rings. The summed E-state index contributed by atoms with van der Waals surface area (Å²) in [5.41, 5.74) is 0. The predicted octanol–water partition coefficient (Wildman–Crippen LogP) is -6.23. The molecular weight excluding hydrogens is 732 g/mol. The summed E-state index contributed by atoms with van der Waals surface area (Å²) < 4.78 is 34.3. The molecule has 20 atom stereocenters. The van der Waals surface area contributed by atoms with Gasteiger partial charge in [-0.2, -0.15) is 0 Å². The lowest BCUT2D eigenvalue weighted by Crippen LogP contribution is -2.69. The van der Waals surface area contributed by atoms with Crippen molar-refractivity contribution in [1.29, 1.82) is 0 Å². The highest BCUT2D eigenvalue weighted by molar-refractivity contribution is 5.74. The highest BCUT2D eigenvalue weighted by Gasteiger charge is 2.56. The Bertz CT molecular complexity index is 1310. The monoisotopic (exact) mass is 784 g/mol. The Labute approximate surface area is 308 Å². The first kappa shape index (κ1) is 44.0. The van der Waals surface area contributed by atoms with Gasteiger partial charge in [0.2, 0.25) is 11.8 Å². The summed E-state index contributed by atoms with van der Waals surface area (Å²) in [4.78, 5) is 49.1. The fourth-order valence-electron chi connectivity index (χ4n) is 7.76. The summed E-state index contributed by atoms with van der Waals surface area (Å²) in [5.74, 6) is -7.35. The summed E-state index contributed by atoms with van der Waals surface area (Å²) >= 11 is 0. The molecule has 22 nitrogen and oxygen atoms in total. The minimum absolute atomic E-state index is 0.448. The number of carboxylic acid groups (broad SMARTS) is 2. The number of rotatable bonds is 13. The maximum absolute atomic E-state index is 12.7. The van der Waals surface area contributed by atoms with E-state index in [2.05, 4.69) is 10.6 Å². The highest BCUT2D eigenvalue weighted by Crippen LogP contribution is 2.38. The molecule has 0 bridgehead atoms. The molecule has 2 saturated heterocycles. The molecule has 2 saturated carbocycles. The lowest BCUT2D eigenvalue weighted by Gasteiger charge is -2.50. The van der Waals surface area contributed by atoms with Crippen LogP contribution in [-0.4, -0.2) is 205 Å². The van der Waals surface area contributed by atoms with E-state index >= 15 is 0 Å². The van der Waals surface area contributed by atoms with Gasteiger partial charge in [-0.1, -0.05) is 0 Å². The Balaban J connectivity index is 1.62. The largest absolute Gasteiger partial charge is 0.481 e. The Hall–Kier alpha value is -2.68. The number of carbonyl (C=O) groups excluding carboxylic acids is 2. The van der Waals surface area contributed by atoms with Crippen molar-refractivity contribution in [2.24, 2.45) is 11.8 Å². The third kappa shape index (κ3) is 9.29. The first-order chi connectivity index (χ1) is 25.4. The first-order valence-corrected chi connectivity index (χ1v) is 17.5. The molecule has 2 amide bonds. The molecule has 0 spiro atoms. The first-order valence-electron chi connectivity index (χ1n) is 17.5. The fourth-order valence-corrected chi connectivity index (χ4v) is 7.76. The third-order valence-electron chi connectivity index (χ3n) is 10.5. The molecule has 4 rings (SSSR count). The quantitative estimate of drug-likeness (QED) is 0.0826. The van der Waals surface area contributed by atoms with Gasteiger partial charge in [0.15, 0.2) is 6.29 Å². The maximum atomic E-state index is 12.7. The Morgan fingerprint density at radius 3 is 1.48 bits per heavy atom. The van der Waals surface area contributed by atoms with Crippen molar-refractivity contribution >= 4 is 23.8 Å². The van der Waals surface area contributed by atoms with Gasteiger partial charge >= 0.3 is 11.9 Å². The van der Waals surface area contributed by atoms with Crippen LogP contribution in [0.15, 0.2) is 0 Å². The van der Waals surface area contributed by atoms with Crippen molar-refractivity contribution < 1.29 is 98.7 Å². The van der Waals surface area contributed by atoms with Gasteiger partial charge in [0, 0.05) is 21.0 Å². The lowest BCUT2D eigenvalue weighted by molar-refractivity contribution is -0.320. The van der Waals surface area contributed by atoms with E-state index in [1.165, 1.54) is 13.8 Å². The van der Waals surface area contributed by atoms with Crippen molar-refractivity contribution in [2.75, 3.05) is 20.3 Å². The predicted molar refractivity (Wildman–Crippen MR) is 173 cm³/mol. The van der Waals surface area contributed by atoms with Gasteiger partial charge in [-0.25, -0.2) is 0 Å². The molecule has 2 heterocycles. The summed E-state index contributed by atoms with van der Waals surface area (Å²) in [6.45, 7) is 2.22. The zero-order chi connectivity index (χ0) is 40.3. The molecular formula is C32H52N2O20. The molecule has 0 aromatic carbocycles. The topological polar surface area (TPSA) is 350 Å². The van der Waals surface area contributed by atoms with Crippen LogP contribution in [0.4, 0.5) is 0 Å². The molecule has 54 heavy (non-hydrogen) atoms. The molecule has 22 heteroatoms. The number of amides is 2. The SMILES string of the molecule is COC1C(C(=O)O)CC(OC2C(O)C(CO)OC(OC3C(C(=O)O)CC(OC4C(O)C(CO)OC(C)C4NC(C)=O)C(O)C3O)C2NC(C)=O)C(O)C1O. The molecule has 2 aliphatic carbocycles. The number of nitrogens with one attached hydrogen (secondary N) is 2. The van der Waals surface area contributed by atoms with Crippen molar-refractivity contribution in [3.05, 3.63) is 0 Å². The van der Waals surface area contributed by atoms with E-state index in [0.717, 1.165) is 14.0 Å². The van der Waals surface area contributed by atoms with E-state index < -0.39 is 172 Å². The van der Waals surface area contributed by atoms with Crippen LogP contribution in [0.1, 0.15) is 33.6 Å². The fraction of sp³-hybridized carbons (Fsp3) is 0.875. The highest BCUT2D eigenvalue weighted by atomic mass is 16.7. The number of carbonyl (C=O) groups is 4. The lowest BCUT2D eigenvalue weighted by atomic mass is 9.79. The zero-order valence-corrected chi connectivity index (χ0v) is 29.9. The minimum Gasteiger partial charge on any atom is -0.481 e. The van der Waals surface area contributed by atoms with Crippen molar-refractivity contribution in [1.82, 2.24) is 10.6 Å². The van der Waals surface area contributed by atoms with Gasteiger partial charge in [-0.15, -0.1) is 0 Å². The number of methoxy groups -OCH3 is 1. The number of aliphatic hydroxyl groups is 8. The second-order valence-electron chi connectivity index (χ2n) is 14.1. The van der Waals surface area contributed by atoms with Gasteiger partial charge < -0.3 is 90.1 Å². The van der Waals surface area contributed by atoms with E-state index in [1.54, 1.807) is 0 Å². The number of aliphatic carboxylic acids is 2. The number of carboxylic acids is 2. The van der Waals surface area contributed by atoms with Gasteiger partial charge in [0.25, 0.3) is 0 Å². The van der Waals surface area contributed by atoms with Crippen LogP contribution in [0.25, 0.3) is 0 Å². The van der Waals surface area contributed by atoms with Crippen LogP contribution in [-0.2, 0) is 47.6 Å². The molecule has 0 aromatic heterocycles. The van der Waals surface area contributed by atoms with Crippen LogP contribution in [0.2, 0.25) is 0 Å². The zero-order valence-electron chi connectivity index (χ0n) is 29.9. The smallest absolute Gasteiger partial charge is 0.309 e. The van der Waals surface area contributed by atoms with Crippen LogP contribution in [0, 0.1) is 11.8 Å². The number of hydrogen-bond acceptors (Lipinski definition) is 18. The number of hydrogen-bond donors (Lipinski definition) is 12. The number of ether oxygens (including phenoxy) is 6. The Morgan fingerprint density at radius 1 is 0.611 bits per heavy atom. The second kappa shape index (κ2) is 18.5. The molecule has 310 valence electrons. The third-order valence-corrected chi connectivity index (χ3v) is 10.5. The maximum Gasteiger partial charge on any atom is 0.309 e. The molecule has 20 unspecified atom stereocenters.